The van der Waals surface area contributed by atoms with Gasteiger partial charge in [0, 0.05) is 18.1 Å². The normalized spacial score (nSPS) is 10.1. The lowest BCUT2D eigenvalue weighted by Crippen LogP contribution is -2.12. The van der Waals surface area contributed by atoms with Gasteiger partial charge in [-0.3, -0.25) is 0 Å². The van der Waals surface area contributed by atoms with Gasteiger partial charge in [-0.05, 0) is 23.8 Å². The van der Waals surface area contributed by atoms with E-state index in [-0.39, 0.29) is 0 Å². The zero-order valence-corrected chi connectivity index (χ0v) is 8.74. The van der Waals surface area contributed by atoms with Crippen LogP contribution in [0.3, 0.4) is 0 Å². The van der Waals surface area contributed by atoms with Crippen LogP contribution in [-0.2, 0) is 6.54 Å². The number of hydrogen-bond acceptors (Lipinski definition) is 3. The summed E-state index contributed by atoms with van der Waals surface area (Å²) in [6, 6.07) is 7.32. The standard InChI is InChI=1S/C9H9BrN2O/c1-12(13)6-8-4-7(5-11)2-3-9(8)10/h2-4,13H,6H2,1H3. The van der Waals surface area contributed by atoms with Crippen LogP contribution in [0.25, 0.3) is 0 Å². The van der Waals surface area contributed by atoms with Crippen LogP contribution in [0.4, 0.5) is 0 Å². The summed E-state index contributed by atoms with van der Waals surface area (Å²) in [7, 11) is 1.56. The van der Waals surface area contributed by atoms with E-state index < -0.39 is 0 Å². The van der Waals surface area contributed by atoms with Gasteiger partial charge in [-0.25, -0.2) is 0 Å². The van der Waals surface area contributed by atoms with Crippen LogP contribution in [0, 0.1) is 11.3 Å². The maximum absolute atomic E-state index is 9.02. The summed E-state index contributed by atoms with van der Waals surface area (Å²) in [5, 5.41) is 18.7. The molecule has 0 spiro atoms. The second-order valence-electron chi connectivity index (χ2n) is 2.73. The average molecular weight is 241 g/mol. The number of benzene rings is 1. The van der Waals surface area contributed by atoms with Crippen molar-refractivity contribution in [3.05, 3.63) is 33.8 Å². The first-order valence-electron chi connectivity index (χ1n) is 3.72. The molecule has 0 aliphatic rings. The highest BCUT2D eigenvalue weighted by Crippen LogP contribution is 2.18. The lowest BCUT2D eigenvalue weighted by molar-refractivity contribution is -0.0733. The van der Waals surface area contributed by atoms with Crippen LogP contribution in [0.1, 0.15) is 11.1 Å². The Balaban J connectivity index is 2.99. The van der Waals surface area contributed by atoms with Crippen molar-refractivity contribution in [1.29, 1.82) is 5.26 Å². The molecule has 1 aromatic rings. The van der Waals surface area contributed by atoms with Gasteiger partial charge in [-0.15, -0.1) is 0 Å². The topological polar surface area (TPSA) is 47.3 Å². The molecule has 0 unspecified atom stereocenters. The predicted molar refractivity (Wildman–Crippen MR) is 52.1 cm³/mol. The van der Waals surface area contributed by atoms with Crippen molar-refractivity contribution in [3.8, 4) is 6.07 Å². The van der Waals surface area contributed by atoms with Crippen molar-refractivity contribution in [1.82, 2.24) is 5.06 Å². The van der Waals surface area contributed by atoms with E-state index in [1.807, 2.05) is 6.07 Å². The van der Waals surface area contributed by atoms with Gasteiger partial charge in [-0.1, -0.05) is 15.9 Å². The summed E-state index contributed by atoms with van der Waals surface area (Å²) in [6.45, 7) is 0.399. The van der Waals surface area contributed by atoms with Crippen LogP contribution in [0.2, 0.25) is 0 Å². The summed E-state index contributed by atoms with van der Waals surface area (Å²) in [5.74, 6) is 0. The third-order valence-electron chi connectivity index (χ3n) is 1.57. The minimum Gasteiger partial charge on any atom is -0.314 e. The zero-order chi connectivity index (χ0) is 9.84. The van der Waals surface area contributed by atoms with E-state index in [0.717, 1.165) is 15.1 Å². The van der Waals surface area contributed by atoms with Gasteiger partial charge in [0.1, 0.15) is 0 Å². The largest absolute Gasteiger partial charge is 0.314 e. The minimum atomic E-state index is 0.399. The second kappa shape index (κ2) is 4.38. The molecule has 0 saturated heterocycles. The van der Waals surface area contributed by atoms with E-state index in [1.54, 1.807) is 25.2 Å². The fourth-order valence-electron chi connectivity index (χ4n) is 1.01. The van der Waals surface area contributed by atoms with Crippen molar-refractivity contribution < 1.29 is 5.21 Å². The lowest BCUT2D eigenvalue weighted by atomic mass is 10.1. The molecule has 0 saturated carbocycles. The highest BCUT2D eigenvalue weighted by atomic mass is 79.9. The number of nitrogens with zero attached hydrogens (tertiary/aromatic N) is 2. The molecule has 0 atom stereocenters. The molecule has 0 radical (unpaired) electrons. The summed E-state index contributed by atoms with van der Waals surface area (Å²) in [6.07, 6.45) is 0. The molecule has 1 rings (SSSR count). The van der Waals surface area contributed by atoms with Gasteiger partial charge in [-0.2, -0.15) is 10.3 Å². The van der Waals surface area contributed by atoms with E-state index in [4.69, 9.17) is 10.5 Å². The fraction of sp³-hybridized carbons (Fsp3) is 0.222. The molecule has 0 aromatic heterocycles. The van der Waals surface area contributed by atoms with E-state index in [1.165, 1.54) is 0 Å². The Bertz CT molecular complexity index is 344. The number of hydroxylamine groups is 2. The molecule has 0 bridgehead atoms. The van der Waals surface area contributed by atoms with Crippen molar-refractivity contribution >= 4 is 15.9 Å². The first-order valence-corrected chi connectivity index (χ1v) is 4.51. The first kappa shape index (κ1) is 10.2. The van der Waals surface area contributed by atoms with Crippen molar-refractivity contribution in [2.75, 3.05) is 7.05 Å². The van der Waals surface area contributed by atoms with Gasteiger partial charge in [0.25, 0.3) is 0 Å². The van der Waals surface area contributed by atoms with E-state index in [2.05, 4.69) is 15.9 Å². The number of halogens is 1. The SMILES string of the molecule is CN(O)Cc1cc(C#N)ccc1Br. The molecule has 0 aliphatic heterocycles. The third-order valence-corrected chi connectivity index (χ3v) is 2.35. The molecule has 1 N–H and O–H groups in total. The summed E-state index contributed by atoms with van der Waals surface area (Å²) in [4.78, 5) is 0. The Labute approximate surface area is 85.3 Å². The monoisotopic (exact) mass is 240 g/mol. The number of nitriles is 1. The number of hydrogen-bond donors (Lipinski definition) is 1. The smallest absolute Gasteiger partial charge is 0.0991 e. The van der Waals surface area contributed by atoms with Crippen LogP contribution in [-0.4, -0.2) is 17.3 Å². The molecule has 0 heterocycles. The molecule has 0 aliphatic carbocycles. The maximum atomic E-state index is 9.02. The molecule has 68 valence electrons. The highest BCUT2D eigenvalue weighted by Gasteiger charge is 2.03. The van der Waals surface area contributed by atoms with Gasteiger partial charge in [0.15, 0.2) is 0 Å². The molecule has 3 nitrogen and oxygen atoms in total. The van der Waals surface area contributed by atoms with Crippen LogP contribution in [0.5, 0.6) is 0 Å². The fourth-order valence-corrected chi connectivity index (χ4v) is 1.38. The Morgan fingerprint density at radius 1 is 1.62 bits per heavy atom. The van der Waals surface area contributed by atoms with E-state index in [0.29, 0.717) is 12.1 Å². The van der Waals surface area contributed by atoms with Crippen LogP contribution in [0.15, 0.2) is 22.7 Å². The molecule has 0 fully saturated rings. The van der Waals surface area contributed by atoms with Gasteiger partial charge in [0.05, 0.1) is 11.6 Å². The molecule has 4 heteroatoms. The Morgan fingerprint density at radius 3 is 2.85 bits per heavy atom. The number of rotatable bonds is 2. The minimum absolute atomic E-state index is 0.399. The molecular formula is C9H9BrN2O. The maximum Gasteiger partial charge on any atom is 0.0991 e. The average Bonchev–Trinajstić information content (AvgIpc) is 2.08. The van der Waals surface area contributed by atoms with Crippen molar-refractivity contribution in [2.45, 2.75) is 6.54 Å². The Hall–Kier alpha value is -0.890. The van der Waals surface area contributed by atoms with Crippen LogP contribution >= 0.6 is 15.9 Å². The first-order chi connectivity index (χ1) is 6.13. The van der Waals surface area contributed by atoms with Crippen molar-refractivity contribution in [2.24, 2.45) is 0 Å². The second-order valence-corrected chi connectivity index (χ2v) is 3.59. The van der Waals surface area contributed by atoms with Crippen LogP contribution < -0.4 is 0 Å². The summed E-state index contributed by atoms with van der Waals surface area (Å²) < 4.78 is 0.896. The van der Waals surface area contributed by atoms with Gasteiger partial charge in [0.2, 0.25) is 0 Å². The van der Waals surface area contributed by atoms with E-state index >= 15 is 0 Å². The Morgan fingerprint density at radius 2 is 2.31 bits per heavy atom. The van der Waals surface area contributed by atoms with Gasteiger partial charge >= 0.3 is 0 Å². The quantitative estimate of drug-likeness (QED) is 0.807. The lowest BCUT2D eigenvalue weighted by Gasteiger charge is -2.09. The summed E-state index contributed by atoms with van der Waals surface area (Å²) >= 11 is 3.34. The summed E-state index contributed by atoms with van der Waals surface area (Å²) in [5.41, 5.74) is 1.49. The highest BCUT2D eigenvalue weighted by molar-refractivity contribution is 9.10. The van der Waals surface area contributed by atoms with E-state index in [9.17, 15) is 0 Å². The zero-order valence-electron chi connectivity index (χ0n) is 7.16. The molecule has 1 aromatic carbocycles. The van der Waals surface area contributed by atoms with Gasteiger partial charge < -0.3 is 5.21 Å². The predicted octanol–water partition coefficient (Wildman–Crippen LogP) is 2.14. The Kier molecular flexibility index (Phi) is 3.43. The third kappa shape index (κ3) is 2.81. The molecular weight excluding hydrogens is 232 g/mol. The molecule has 13 heavy (non-hydrogen) atoms. The molecule has 0 amide bonds. The van der Waals surface area contributed by atoms with Crippen molar-refractivity contribution in [3.63, 3.8) is 0 Å².